The highest BCUT2D eigenvalue weighted by molar-refractivity contribution is 5.45. The van der Waals surface area contributed by atoms with Crippen molar-refractivity contribution in [2.24, 2.45) is 5.92 Å². The molecule has 4 heteroatoms. The molecule has 0 saturated heterocycles. The Morgan fingerprint density at radius 1 is 1.39 bits per heavy atom. The average molecular weight is 253 g/mol. The molecule has 1 aromatic rings. The molecular formula is C14H23NO3. The van der Waals surface area contributed by atoms with E-state index in [2.05, 4.69) is 12.2 Å². The lowest BCUT2D eigenvalue weighted by atomic mass is 10.0. The molecule has 0 radical (unpaired) electrons. The molecule has 0 aliphatic heterocycles. The standard InChI is InChI=1S/C14H23NO3/c1-4-10(2)12(16)9-15-8-11-6-5-7-13(18-3)14(11)17/h5-7,10,12,15-17H,4,8-9H2,1-3H3. The summed E-state index contributed by atoms with van der Waals surface area (Å²) in [5, 5.41) is 22.8. The molecule has 0 saturated carbocycles. The molecule has 2 atom stereocenters. The van der Waals surface area contributed by atoms with E-state index in [0.717, 1.165) is 12.0 Å². The van der Waals surface area contributed by atoms with Crippen molar-refractivity contribution in [2.75, 3.05) is 13.7 Å². The first kappa shape index (κ1) is 14.8. The van der Waals surface area contributed by atoms with Gasteiger partial charge in [0.2, 0.25) is 0 Å². The van der Waals surface area contributed by atoms with E-state index < -0.39 is 0 Å². The van der Waals surface area contributed by atoms with E-state index in [1.165, 1.54) is 7.11 Å². The number of rotatable bonds is 7. The number of ether oxygens (including phenoxy) is 1. The van der Waals surface area contributed by atoms with E-state index in [4.69, 9.17) is 4.74 Å². The van der Waals surface area contributed by atoms with Crippen LogP contribution in [0.1, 0.15) is 25.8 Å². The molecule has 0 heterocycles. The lowest BCUT2D eigenvalue weighted by Crippen LogP contribution is -2.31. The highest BCUT2D eigenvalue weighted by Gasteiger charge is 2.12. The molecule has 0 amide bonds. The van der Waals surface area contributed by atoms with Crippen LogP contribution in [0.5, 0.6) is 11.5 Å². The molecule has 18 heavy (non-hydrogen) atoms. The zero-order chi connectivity index (χ0) is 13.5. The zero-order valence-corrected chi connectivity index (χ0v) is 11.3. The van der Waals surface area contributed by atoms with Crippen molar-refractivity contribution in [1.82, 2.24) is 5.32 Å². The van der Waals surface area contributed by atoms with E-state index in [1.807, 2.05) is 19.1 Å². The predicted molar refractivity (Wildman–Crippen MR) is 71.8 cm³/mol. The van der Waals surface area contributed by atoms with Gasteiger partial charge in [-0.15, -0.1) is 0 Å². The fourth-order valence-electron chi connectivity index (χ4n) is 1.70. The Kier molecular flexibility index (Phi) is 5.95. The molecule has 0 aliphatic carbocycles. The molecule has 2 unspecified atom stereocenters. The third-order valence-electron chi connectivity index (χ3n) is 3.27. The summed E-state index contributed by atoms with van der Waals surface area (Å²) in [4.78, 5) is 0. The number of aromatic hydroxyl groups is 1. The number of hydrogen-bond donors (Lipinski definition) is 3. The van der Waals surface area contributed by atoms with Gasteiger partial charge in [-0.05, 0) is 12.0 Å². The van der Waals surface area contributed by atoms with Crippen molar-refractivity contribution in [3.05, 3.63) is 23.8 Å². The summed E-state index contributed by atoms with van der Waals surface area (Å²) in [5.41, 5.74) is 0.769. The van der Waals surface area contributed by atoms with Crippen LogP contribution >= 0.6 is 0 Å². The van der Waals surface area contributed by atoms with Crippen LogP contribution in [0.2, 0.25) is 0 Å². The number of nitrogens with one attached hydrogen (secondary N) is 1. The number of aliphatic hydroxyl groups is 1. The molecule has 0 aliphatic rings. The van der Waals surface area contributed by atoms with Gasteiger partial charge in [-0.25, -0.2) is 0 Å². The molecule has 0 aromatic heterocycles. The minimum absolute atomic E-state index is 0.158. The Balaban J connectivity index is 2.49. The van der Waals surface area contributed by atoms with Crippen LogP contribution in [-0.4, -0.2) is 30.0 Å². The fraction of sp³-hybridized carbons (Fsp3) is 0.571. The van der Waals surface area contributed by atoms with Crippen LogP contribution in [0, 0.1) is 5.92 Å². The highest BCUT2D eigenvalue weighted by Crippen LogP contribution is 2.29. The smallest absolute Gasteiger partial charge is 0.162 e. The van der Waals surface area contributed by atoms with Gasteiger partial charge in [-0.3, -0.25) is 0 Å². The fourth-order valence-corrected chi connectivity index (χ4v) is 1.70. The van der Waals surface area contributed by atoms with Crippen molar-refractivity contribution in [2.45, 2.75) is 32.9 Å². The third kappa shape index (κ3) is 3.89. The van der Waals surface area contributed by atoms with Crippen LogP contribution in [-0.2, 0) is 6.54 Å². The zero-order valence-electron chi connectivity index (χ0n) is 11.3. The third-order valence-corrected chi connectivity index (χ3v) is 3.27. The van der Waals surface area contributed by atoms with Crippen LogP contribution < -0.4 is 10.1 Å². The van der Waals surface area contributed by atoms with E-state index >= 15 is 0 Å². The Hall–Kier alpha value is -1.26. The van der Waals surface area contributed by atoms with Gasteiger partial charge in [0, 0.05) is 18.7 Å². The molecule has 3 N–H and O–H groups in total. The number of aliphatic hydroxyl groups excluding tert-OH is 1. The van der Waals surface area contributed by atoms with E-state index in [-0.39, 0.29) is 17.8 Å². The number of para-hydroxylation sites is 1. The predicted octanol–water partition coefficient (Wildman–Crippen LogP) is 1.90. The molecule has 102 valence electrons. The van der Waals surface area contributed by atoms with Gasteiger partial charge in [0.25, 0.3) is 0 Å². The average Bonchev–Trinajstić information content (AvgIpc) is 2.39. The van der Waals surface area contributed by atoms with Crippen LogP contribution in [0.3, 0.4) is 0 Å². The number of phenols is 1. The van der Waals surface area contributed by atoms with Crippen molar-refractivity contribution in [1.29, 1.82) is 0 Å². The monoisotopic (exact) mass is 253 g/mol. The Labute approximate surface area is 109 Å². The first-order chi connectivity index (χ1) is 8.60. The van der Waals surface area contributed by atoms with Gasteiger partial charge in [0.15, 0.2) is 11.5 Å². The lowest BCUT2D eigenvalue weighted by molar-refractivity contribution is 0.112. The molecule has 0 spiro atoms. The summed E-state index contributed by atoms with van der Waals surface area (Å²) in [6, 6.07) is 5.38. The largest absolute Gasteiger partial charge is 0.504 e. The second kappa shape index (κ2) is 7.24. The summed E-state index contributed by atoms with van der Waals surface area (Å²) in [5.74, 6) is 0.902. The van der Waals surface area contributed by atoms with Gasteiger partial charge < -0.3 is 20.3 Å². The number of hydrogen-bond acceptors (Lipinski definition) is 4. The van der Waals surface area contributed by atoms with Crippen LogP contribution in [0.4, 0.5) is 0 Å². The minimum atomic E-state index is -0.359. The summed E-state index contributed by atoms with van der Waals surface area (Å²) >= 11 is 0. The van der Waals surface area contributed by atoms with Gasteiger partial charge in [0.05, 0.1) is 13.2 Å². The Morgan fingerprint density at radius 3 is 2.72 bits per heavy atom. The summed E-state index contributed by atoms with van der Waals surface area (Å²) in [6.45, 7) is 5.11. The van der Waals surface area contributed by atoms with Crippen molar-refractivity contribution < 1.29 is 14.9 Å². The maximum absolute atomic E-state index is 9.88. The Bertz CT molecular complexity index is 368. The Morgan fingerprint density at radius 2 is 2.11 bits per heavy atom. The van der Waals surface area contributed by atoms with E-state index in [0.29, 0.717) is 18.8 Å². The second-order valence-electron chi connectivity index (χ2n) is 4.55. The van der Waals surface area contributed by atoms with Crippen molar-refractivity contribution >= 4 is 0 Å². The maximum Gasteiger partial charge on any atom is 0.162 e. The van der Waals surface area contributed by atoms with Crippen molar-refractivity contribution in [3.63, 3.8) is 0 Å². The first-order valence-corrected chi connectivity index (χ1v) is 6.33. The van der Waals surface area contributed by atoms with E-state index in [1.54, 1.807) is 6.07 Å². The molecule has 1 rings (SSSR count). The maximum atomic E-state index is 9.88. The normalized spacial score (nSPS) is 14.2. The summed E-state index contributed by atoms with van der Waals surface area (Å²) in [7, 11) is 1.53. The molecule has 4 nitrogen and oxygen atoms in total. The minimum Gasteiger partial charge on any atom is -0.504 e. The SMILES string of the molecule is CCC(C)C(O)CNCc1cccc(OC)c1O. The quantitative estimate of drug-likeness (QED) is 0.694. The first-order valence-electron chi connectivity index (χ1n) is 6.33. The molecule has 0 bridgehead atoms. The van der Waals surface area contributed by atoms with Crippen LogP contribution in [0.15, 0.2) is 18.2 Å². The second-order valence-corrected chi connectivity index (χ2v) is 4.55. The number of benzene rings is 1. The highest BCUT2D eigenvalue weighted by atomic mass is 16.5. The van der Waals surface area contributed by atoms with E-state index in [9.17, 15) is 10.2 Å². The summed E-state index contributed by atoms with van der Waals surface area (Å²) < 4.78 is 5.04. The van der Waals surface area contributed by atoms with Crippen molar-refractivity contribution in [3.8, 4) is 11.5 Å². The summed E-state index contributed by atoms with van der Waals surface area (Å²) in [6.07, 6.45) is 0.593. The molecule has 1 aromatic carbocycles. The van der Waals surface area contributed by atoms with Crippen LogP contribution in [0.25, 0.3) is 0 Å². The lowest BCUT2D eigenvalue weighted by Gasteiger charge is -2.18. The topological polar surface area (TPSA) is 61.7 Å². The van der Waals surface area contributed by atoms with Gasteiger partial charge in [-0.2, -0.15) is 0 Å². The molecule has 0 fully saturated rings. The number of phenolic OH excluding ortho intramolecular Hbond substituents is 1. The van der Waals surface area contributed by atoms with Gasteiger partial charge >= 0.3 is 0 Å². The number of methoxy groups -OCH3 is 1. The van der Waals surface area contributed by atoms with Gasteiger partial charge in [0.1, 0.15) is 0 Å². The van der Waals surface area contributed by atoms with Gasteiger partial charge in [-0.1, -0.05) is 32.4 Å². The molecular weight excluding hydrogens is 230 g/mol.